The smallest absolute Gasteiger partial charge is 0.117 e. The zero-order chi connectivity index (χ0) is 12.8. The molecule has 3 nitrogen and oxygen atoms in total. The SMILES string of the molecule is CC(C)CNCCCN(Cc1ccco1)C1CC1. The highest BCUT2D eigenvalue weighted by atomic mass is 16.3. The second-order valence-corrected chi connectivity index (χ2v) is 5.73. The van der Waals surface area contributed by atoms with E-state index in [0.717, 1.165) is 37.4 Å². The summed E-state index contributed by atoms with van der Waals surface area (Å²) in [6.45, 7) is 8.90. The summed E-state index contributed by atoms with van der Waals surface area (Å²) >= 11 is 0. The summed E-state index contributed by atoms with van der Waals surface area (Å²) in [5.41, 5.74) is 0. The van der Waals surface area contributed by atoms with Crippen LogP contribution in [0, 0.1) is 5.92 Å². The summed E-state index contributed by atoms with van der Waals surface area (Å²) in [6.07, 6.45) is 5.72. The van der Waals surface area contributed by atoms with E-state index in [-0.39, 0.29) is 0 Å². The van der Waals surface area contributed by atoms with Gasteiger partial charge in [0.2, 0.25) is 0 Å². The number of furan rings is 1. The number of nitrogens with one attached hydrogen (secondary N) is 1. The Morgan fingerprint density at radius 1 is 1.44 bits per heavy atom. The van der Waals surface area contributed by atoms with Crippen LogP contribution in [0.3, 0.4) is 0 Å². The van der Waals surface area contributed by atoms with Crippen molar-refractivity contribution in [3.05, 3.63) is 24.2 Å². The van der Waals surface area contributed by atoms with Crippen molar-refractivity contribution in [1.29, 1.82) is 0 Å². The molecule has 0 aromatic carbocycles. The Labute approximate surface area is 111 Å². The van der Waals surface area contributed by atoms with Gasteiger partial charge in [0.25, 0.3) is 0 Å². The van der Waals surface area contributed by atoms with Crippen molar-refractivity contribution in [3.8, 4) is 0 Å². The van der Waals surface area contributed by atoms with E-state index in [1.165, 1.54) is 25.8 Å². The van der Waals surface area contributed by atoms with Gasteiger partial charge >= 0.3 is 0 Å². The van der Waals surface area contributed by atoms with Crippen molar-refractivity contribution in [1.82, 2.24) is 10.2 Å². The van der Waals surface area contributed by atoms with Gasteiger partial charge in [-0.3, -0.25) is 4.90 Å². The summed E-state index contributed by atoms with van der Waals surface area (Å²) < 4.78 is 5.44. The molecule has 1 heterocycles. The highest BCUT2D eigenvalue weighted by Crippen LogP contribution is 2.28. The number of hydrogen-bond donors (Lipinski definition) is 1. The van der Waals surface area contributed by atoms with Gasteiger partial charge in [-0.1, -0.05) is 13.8 Å². The Morgan fingerprint density at radius 3 is 2.89 bits per heavy atom. The van der Waals surface area contributed by atoms with E-state index in [0.29, 0.717) is 0 Å². The fourth-order valence-corrected chi connectivity index (χ4v) is 2.23. The van der Waals surface area contributed by atoms with Gasteiger partial charge in [0.15, 0.2) is 0 Å². The number of nitrogens with zero attached hydrogens (tertiary/aromatic N) is 1. The molecule has 1 aliphatic carbocycles. The van der Waals surface area contributed by atoms with Crippen LogP contribution in [0.2, 0.25) is 0 Å². The highest BCUT2D eigenvalue weighted by Gasteiger charge is 2.28. The quantitative estimate of drug-likeness (QED) is 0.683. The van der Waals surface area contributed by atoms with E-state index in [1.54, 1.807) is 6.26 Å². The monoisotopic (exact) mass is 250 g/mol. The molecular formula is C15H26N2O. The lowest BCUT2D eigenvalue weighted by molar-refractivity contribution is 0.230. The molecule has 1 saturated carbocycles. The van der Waals surface area contributed by atoms with Gasteiger partial charge in [0, 0.05) is 12.6 Å². The Balaban J connectivity index is 1.64. The Bertz CT molecular complexity index is 317. The fraction of sp³-hybridized carbons (Fsp3) is 0.733. The van der Waals surface area contributed by atoms with E-state index < -0.39 is 0 Å². The molecule has 18 heavy (non-hydrogen) atoms. The van der Waals surface area contributed by atoms with Gasteiger partial charge < -0.3 is 9.73 Å². The summed E-state index contributed by atoms with van der Waals surface area (Å²) in [5.74, 6) is 1.84. The average molecular weight is 250 g/mol. The maximum Gasteiger partial charge on any atom is 0.117 e. The molecule has 0 bridgehead atoms. The van der Waals surface area contributed by atoms with E-state index in [4.69, 9.17) is 4.42 Å². The molecule has 1 aliphatic rings. The molecule has 0 aliphatic heterocycles. The molecule has 0 radical (unpaired) electrons. The third kappa shape index (κ3) is 4.83. The van der Waals surface area contributed by atoms with Gasteiger partial charge in [-0.15, -0.1) is 0 Å². The third-order valence-corrected chi connectivity index (χ3v) is 3.35. The summed E-state index contributed by atoms with van der Waals surface area (Å²) in [4.78, 5) is 2.57. The van der Waals surface area contributed by atoms with Crippen molar-refractivity contribution >= 4 is 0 Å². The minimum atomic E-state index is 0.743. The first-order valence-corrected chi connectivity index (χ1v) is 7.23. The van der Waals surface area contributed by atoms with E-state index in [2.05, 4.69) is 30.1 Å². The minimum Gasteiger partial charge on any atom is -0.468 e. The lowest BCUT2D eigenvalue weighted by atomic mass is 10.2. The predicted molar refractivity (Wildman–Crippen MR) is 74.5 cm³/mol. The minimum absolute atomic E-state index is 0.743. The number of hydrogen-bond acceptors (Lipinski definition) is 3. The summed E-state index contributed by atoms with van der Waals surface area (Å²) in [6, 6.07) is 4.86. The second kappa shape index (κ2) is 6.95. The van der Waals surface area contributed by atoms with Crippen LogP contribution in [0.15, 0.2) is 22.8 Å². The lowest BCUT2D eigenvalue weighted by Gasteiger charge is -2.20. The highest BCUT2D eigenvalue weighted by molar-refractivity contribution is 4.99. The Kier molecular flexibility index (Phi) is 5.26. The standard InChI is InChI=1S/C15H26N2O/c1-13(2)11-16-8-4-9-17(14-6-7-14)12-15-5-3-10-18-15/h3,5,10,13-14,16H,4,6-9,11-12H2,1-2H3. The summed E-state index contributed by atoms with van der Waals surface area (Å²) in [5, 5.41) is 3.51. The van der Waals surface area contributed by atoms with Crippen LogP contribution in [-0.2, 0) is 6.54 Å². The van der Waals surface area contributed by atoms with Crippen LogP contribution in [0.1, 0.15) is 38.9 Å². The molecule has 1 aromatic rings. The molecule has 1 N–H and O–H groups in total. The molecular weight excluding hydrogens is 224 g/mol. The van der Waals surface area contributed by atoms with Crippen LogP contribution in [0.25, 0.3) is 0 Å². The van der Waals surface area contributed by atoms with E-state index in [9.17, 15) is 0 Å². The zero-order valence-corrected chi connectivity index (χ0v) is 11.7. The third-order valence-electron chi connectivity index (χ3n) is 3.35. The maximum atomic E-state index is 5.44. The Hall–Kier alpha value is -0.800. The topological polar surface area (TPSA) is 28.4 Å². The number of rotatable bonds is 9. The van der Waals surface area contributed by atoms with E-state index in [1.807, 2.05) is 6.07 Å². The molecule has 1 fully saturated rings. The molecule has 0 atom stereocenters. The lowest BCUT2D eigenvalue weighted by Crippen LogP contribution is -2.30. The van der Waals surface area contributed by atoms with Crippen molar-refractivity contribution in [2.24, 2.45) is 5.92 Å². The predicted octanol–water partition coefficient (Wildman–Crippen LogP) is 2.88. The van der Waals surface area contributed by atoms with Gasteiger partial charge in [0.05, 0.1) is 12.8 Å². The molecule has 0 saturated heterocycles. The van der Waals surface area contributed by atoms with Gasteiger partial charge in [0.1, 0.15) is 5.76 Å². The first kappa shape index (κ1) is 13.6. The first-order valence-electron chi connectivity index (χ1n) is 7.23. The molecule has 2 rings (SSSR count). The van der Waals surface area contributed by atoms with Crippen LogP contribution in [0.5, 0.6) is 0 Å². The van der Waals surface area contributed by atoms with Gasteiger partial charge in [-0.2, -0.15) is 0 Å². The zero-order valence-electron chi connectivity index (χ0n) is 11.7. The molecule has 0 spiro atoms. The second-order valence-electron chi connectivity index (χ2n) is 5.73. The average Bonchev–Trinajstić information content (AvgIpc) is 3.05. The molecule has 1 aromatic heterocycles. The van der Waals surface area contributed by atoms with Crippen LogP contribution in [-0.4, -0.2) is 30.6 Å². The van der Waals surface area contributed by atoms with Crippen molar-refractivity contribution in [3.63, 3.8) is 0 Å². The molecule has 0 unspecified atom stereocenters. The largest absolute Gasteiger partial charge is 0.468 e. The van der Waals surface area contributed by atoms with Crippen LogP contribution in [0.4, 0.5) is 0 Å². The fourth-order valence-electron chi connectivity index (χ4n) is 2.23. The van der Waals surface area contributed by atoms with Crippen LogP contribution >= 0.6 is 0 Å². The summed E-state index contributed by atoms with van der Waals surface area (Å²) in [7, 11) is 0. The van der Waals surface area contributed by atoms with Gasteiger partial charge in [-0.05, 0) is 50.4 Å². The normalized spacial score (nSPS) is 15.8. The molecule has 3 heteroatoms. The Morgan fingerprint density at radius 2 is 2.28 bits per heavy atom. The van der Waals surface area contributed by atoms with Crippen LogP contribution < -0.4 is 5.32 Å². The van der Waals surface area contributed by atoms with Crippen molar-refractivity contribution in [2.75, 3.05) is 19.6 Å². The van der Waals surface area contributed by atoms with Crippen molar-refractivity contribution in [2.45, 2.75) is 45.7 Å². The first-order chi connectivity index (χ1) is 8.75. The maximum absolute atomic E-state index is 5.44. The van der Waals surface area contributed by atoms with Gasteiger partial charge in [-0.25, -0.2) is 0 Å². The van der Waals surface area contributed by atoms with Crippen molar-refractivity contribution < 1.29 is 4.42 Å². The molecule has 102 valence electrons. The molecule has 0 amide bonds. The van der Waals surface area contributed by atoms with E-state index >= 15 is 0 Å².